The third-order valence-electron chi connectivity index (χ3n) is 4.34. The lowest BCUT2D eigenvalue weighted by Gasteiger charge is -2.28. The van der Waals surface area contributed by atoms with Gasteiger partial charge in [-0.2, -0.15) is 0 Å². The molecule has 3 nitrogen and oxygen atoms in total. The maximum atomic E-state index is 14.1. The Hall–Kier alpha value is -1.56. The van der Waals surface area contributed by atoms with Crippen molar-refractivity contribution < 1.29 is 9.18 Å². The Labute approximate surface area is 158 Å². The fourth-order valence-corrected chi connectivity index (χ4v) is 4.04. The van der Waals surface area contributed by atoms with Gasteiger partial charge in [-0.1, -0.05) is 42.5 Å². The molecule has 1 N–H and O–H groups in total. The molecule has 1 aliphatic rings. The van der Waals surface area contributed by atoms with E-state index < -0.39 is 5.25 Å². The van der Waals surface area contributed by atoms with Crippen LogP contribution in [0.5, 0.6) is 0 Å². The normalized spacial score (nSPS) is 17.6. The van der Waals surface area contributed by atoms with Crippen LogP contribution < -0.4 is 5.32 Å². The smallest absolute Gasteiger partial charge is 0.240 e. The van der Waals surface area contributed by atoms with Crippen LogP contribution in [0.3, 0.4) is 0 Å². The maximum absolute atomic E-state index is 14.1. The quantitative estimate of drug-likeness (QED) is 0.798. The summed E-state index contributed by atoms with van der Waals surface area (Å²) in [6.45, 7) is 1.74. The molecule has 1 heterocycles. The molecule has 2 aromatic carbocycles. The monoisotopic (exact) mass is 380 g/mol. The topological polar surface area (TPSA) is 32.3 Å². The highest BCUT2D eigenvalue weighted by molar-refractivity contribution is 8.00. The Bertz CT molecular complexity index is 695. The lowest BCUT2D eigenvalue weighted by atomic mass is 10.1. The summed E-state index contributed by atoms with van der Waals surface area (Å²) in [6, 6.07) is 16.4. The molecule has 2 atom stereocenters. The lowest BCUT2D eigenvalue weighted by Crippen LogP contribution is -2.40. The fraction of sp³-hybridized carbons (Fsp3) is 0.316. The predicted molar refractivity (Wildman–Crippen MR) is 103 cm³/mol. The number of likely N-dealkylation sites (N-methyl/N-ethyl adjacent to an activating group) is 1. The van der Waals surface area contributed by atoms with Crippen molar-refractivity contribution >= 4 is 30.1 Å². The van der Waals surface area contributed by atoms with Gasteiger partial charge in [0.25, 0.3) is 0 Å². The van der Waals surface area contributed by atoms with E-state index in [9.17, 15) is 9.18 Å². The highest BCUT2D eigenvalue weighted by atomic mass is 35.5. The number of nitrogens with zero attached hydrogens (tertiary/aromatic N) is 1. The van der Waals surface area contributed by atoms with E-state index in [0.29, 0.717) is 4.90 Å². The lowest BCUT2D eigenvalue weighted by molar-refractivity contribution is -0.131. The molecule has 2 unspecified atom stereocenters. The summed E-state index contributed by atoms with van der Waals surface area (Å²) < 4.78 is 14.1. The van der Waals surface area contributed by atoms with Gasteiger partial charge >= 0.3 is 0 Å². The van der Waals surface area contributed by atoms with Gasteiger partial charge in [0.15, 0.2) is 0 Å². The van der Waals surface area contributed by atoms with Crippen molar-refractivity contribution in [3.63, 3.8) is 0 Å². The van der Waals surface area contributed by atoms with Crippen LogP contribution in [-0.2, 0) is 4.79 Å². The van der Waals surface area contributed by atoms with Crippen molar-refractivity contribution in [2.24, 2.45) is 0 Å². The summed E-state index contributed by atoms with van der Waals surface area (Å²) in [5.74, 6) is -0.274. The first-order chi connectivity index (χ1) is 11.7. The Morgan fingerprint density at radius 1 is 1.20 bits per heavy atom. The van der Waals surface area contributed by atoms with Gasteiger partial charge in [-0.3, -0.25) is 4.79 Å². The molecule has 1 aliphatic heterocycles. The first kappa shape index (κ1) is 19.8. The zero-order chi connectivity index (χ0) is 16.9. The molecule has 25 heavy (non-hydrogen) atoms. The molecule has 0 spiro atoms. The van der Waals surface area contributed by atoms with Crippen LogP contribution in [0.2, 0.25) is 0 Å². The van der Waals surface area contributed by atoms with Gasteiger partial charge in [0, 0.05) is 24.5 Å². The molecule has 3 rings (SSSR count). The van der Waals surface area contributed by atoms with E-state index >= 15 is 0 Å². The van der Waals surface area contributed by atoms with Gasteiger partial charge in [-0.05, 0) is 30.7 Å². The summed E-state index contributed by atoms with van der Waals surface area (Å²) in [5, 5.41) is 2.83. The Kier molecular flexibility index (Phi) is 7.29. The van der Waals surface area contributed by atoms with E-state index in [2.05, 4.69) is 5.32 Å². The molecule has 0 bridgehead atoms. The number of hydrogen-bond acceptors (Lipinski definition) is 3. The van der Waals surface area contributed by atoms with Crippen molar-refractivity contribution in [1.82, 2.24) is 10.2 Å². The van der Waals surface area contributed by atoms with Gasteiger partial charge < -0.3 is 10.2 Å². The van der Waals surface area contributed by atoms with E-state index in [0.717, 1.165) is 25.1 Å². The molecule has 1 fully saturated rings. The average molecular weight is 381 g/mol. The van der Waals surface area contributed by atoms with Crippen molar-refractivity contribution in [3.05, 3.63) is 66.0 Å². The van der Waals surface area contributed by atoms with Gasteiger partial charge in [-0.25, -0.2) is 4.39 Å². The second kappa shape index (κ2) is 9.22. The number of hydrogen-bond donors (Lipinski definition) is 1. The molecular formula is C19H22ClFN2OS. The van der Waals surface area contributed by atoms with Crippen molar-refractivity contribution in [2.75, 3.05) is 20.1 Å². The van der Waals surface area contributed by atoms with Gasteiger partial charge in [0.2, 0.25) is 5.91 Å². The number of amides is 1. The second-order valence-corrected chi connectivity index (χ2v) is 7.08. The van der Waals surface area contributed by atoms with Crippen LogP contribution in [0.4, 0.5) is 4.39 Å². The van der Waals surface area contributed by atoms with Crippen LogP contribution in [0.15, 0.2) is 59.5 Å². The van der Waals surface area contributed by atoms with Crippen molar-refractivity contribution in [2.45, 2.75) is 22.6 Å². The van der Waals surface area contributed by atoms with Crippen LogP contribution >= 0.6 is 24.2 Å². The number of benzene rings is 2. The van der Waals surface area contributed by atoms with E-state index in [-0.39, 0.29) is 30.2 Å². The van der Waals surface area contributed by atoms with Gasteiger partial charge in [0.05, 0.1) is 0 Å². The molecule has 2 aromatic rings. The molecule has 0 radical (unpaired) electrons. The number of rotatable bonds is 5. The highest BCUT2D eigenvalue weighted by Gasteiger charge is 2.30. The minimum absolute atomic E-state index is 0. The fourth-order valence-electron chi connectivity index (χ4n) is 2.89. The maximum Gasteiger partial charge on any atom is 0.240 e. The summed E-state index contributed by atoms with van der Waals surface area (Å²) in [7, 11) is 1.85. The first-order valence-corrected chi connectivity index (χ1v) is 8.98. The van der Waals surface area contributed by atoms with Crippen LogP contribution in [0.1, 0.15) is 17.2 Å². The van der Waals surface area contributed by atoms with Crippen molar-refractivity contribution in [1.29, 1.82) is 0 Å². The molecular weight excluding hydrogens is 359 g/mol. The molecule has 0 aliphatic carbocycles. The Balaban J connectivity index is 0.00000225. The zero-order valence-electron chi connectivity index (χ0n) is 14.0. The van der Waals surface area contributed by atoms with Gasteiger partial charge in [0.1, 0.15) is 11.1 Å². The summed E-state index contributed by atoms with van der Waals surface area (Å²) in [5.41, 5.74) is 0.897. The van der Waals surface area contributed by atoms with E-state index in [1.165, 1.54) is 17.8 Å². The van der Waals surface area contributed by atoms with Crippen molar-refractivity contribution in [3.8, 4) is 0 Å². The second-order valence-electron chi connectivity index (χ2n) is 5.93. The molecule has 0 aromatic heterocycles. The number of nitrogens with one attached hydrogen (secondary N) is 1. The van der Waals surface area contributed by atoms with Crippen LogP contribution in [-0.4, -0.2) is 37.0 Å². The van der Waals surface area contributed by atoms with Crippen LogP contribution in [0, 0.1) is 5.82 Å². The molecule has 6 heteroatoms. The Morgan fingerprint density at radius 2 is 1.88 bits per heavy atom. The number of thioether (sulfide) groups is 1. The third kappa shape index (κ3) is 4.75. The Morgan fingerprint density at radius 3 is 2.52 bits per heavy atom. The number of carbonyl (C=O) groups is 1. The number of halogens is 2. The summed E-state index contributed by atoms with van der Waals surface area (Å²) in [6.07, 6.45) is 0.952. The molecule has 1 saturated heterocycles. The third-order valence-corrected chi connectivity index (χ3v) is 5.63. The standard InChI is InChI=1S/C19H21FN2OS.ClH/c1-22(15-11-12-21-13-15)19(23)18(14-7-3-2-4-8-14)24-17-10-6-5-9-16(17)20;/h2-10,15,18,21H,11-13H2,1H3;1H. The predicted octanol–water partition coefficient (Wildman–Crippen LogP) is 3.90. The van der Waals surface area contributed by atoms with E-state index in [1.807, 2.05) is 42.3 Å². The molecule has 134 valence electrons. The molecule has 0 saturated carbocycles. The number of carbonyl (C=O) groups excluding carboxylic acids is 1. The largest absolute Gasteiger partial charge is 0.340 e. The summed E-state index contributed by atoms with van der Waals surface area (Å²) in [4.78, 5) is 15.4. The van der Waals surface area contributed by atoms with Crippen LogP contribution in [0.25, 0.3) is 0 Å². The summed E-state index contributed by atoms with van der Waals surface area (Å²) >= 11 is 1.28. The SMILES string of the molecule is CN(C(=O)C(Sc1ccccc1F)c1ccccc1)C1CCNC1.Cl. The minimum Gasteiger partial charge on any atom is -0.340 e. The first-order valence-electron chi connectivity index (χ1n) is 8.10. The minimum atomic E-state index is -0.450. The van der Waals surface area contributed by atoms with E-state index in [4.69, 9.17) is 0 Å². The average Bonchev–Trinajstić information content (AvgIpc) is 3.15. The van der Waals surface area contributed by atoms with E-state index in [1.54, 1.807) is 18.2 Å². The van der Waals surface area contributed by atoms with Gasteiger partial charge in [-0.15, -0.1) is 24.2 Å². The molecule has 1 amide bonds. The zero-order valence-corrected chi connectivity index (χ0v) is 15.7. The highest BCUT2D eigenvalue weighted by Crippen LogP contribution is 2.38.